The van der Waals surface area contributed by atoms with Crippen LogP contribution in [-0.2, 0) is 17.6 Å². The normalized spacial score (nSPS) is 10.5. The zero-order valence-electron chi connectivity index (χ0n) is 14.5. The van der Waals surface area contributed by atoms with Crippen molar-refractivity contribution < 1.29 is 9.53 Å². The van der Waals surface area contributed by atoms with Crippen LogP contribution in [0.15, 0.2) is 65.4 Å². The van der Waals surface area contributed by atoms with Crippen LogP contribution >= 0.6 is 15.9 Å². The first-order chi connectivity index (χ1) is 12.7. The Labute approximate surface area is 161 Å². The van der Waals surface area contributed by atoms with E-state index in [4.69, 9.17) is 4.74 Å². The lowest BCUT2D eigenvalue weighted by atomic mass is 10.0. The van der Waals surface area contributed by atoms with Gasteiger partial charge in [0.25, 0.3) is 0 Å². The molecule has 0 aliphatic heterocycles. The highest BCUT2D eigenvalue weighted by Crippen LogP contribution is 2.23. The van der Waals surface area contributed by atoms with E-state index in [1.807, 2.05) is 18.2 Å². The van der Waals surface area contributed by atoms with Crippen molar-refractivity contribution in [2.45, 2.75) is 19.8 Å². The molecule has 3 aromatic rings. The van der Waals surface area contributed by atoms with Gasteiger partial charge >= 0.3 is 5.97 Å². The predicted octanol–water partition coefficient (Wildman–Crippen LogP) is 4.87. The van der Waals surface area contributed by atoms with Crippen molar-refractivity contribution in [2.75, 3.05) is 6.61 Å². The van der Waals surface area contributed by atoms with Crippen molar-refractivity contribution in [3.05, 3.63) is 82.3 Å². The second kappa shape index (κ2) is 8.72. The first-order valence-corrected chi connectivity index (χ1v) is 9.29. The smallest absolute Gasteiger partial charge is 0.358 e. The van der Waals surface area contributed by atoms with Crippen LogP contribution in [0.3, 0.4) is 0 Å². The van der Waals surface area contributed by atoms with Crippen LogP contribution in [-0.4, -0.2) is 22.5 Å². The predicted molar refractivity (Wildman–Crippen MR) is 105 cm³/mol. The summed E-state index contributed by atoms with van der Waals surface area (Å²) in [6, 6.07) is 18.8. The van der Waals surface area contributed by atoms with Gasteiger partial charge in [-0.2, -0.15) is 0 Å². The lowest BCUT2D eigenvalue weighted by Gasteiger charge is -2.09. The summed E-state index contributed by atoms with van der Waals surface area (Å²) in [4.78, 5) is 20.3. The number of halogens is 1. The zero-order valence-corrected chi connectivity index (χ0v) is 16.1. The van der Waals surface area contributed by atoms with E-state index in [-0.39, 0.29) is 5.69 Å². The van der Waals surface area contributed by atoms with Gasteiger partial charge < -0.3 is 4.74 Å². The van der Waals surface area contributed by atoms with Gasteiger partial charge in [-0.1, -0.05) is 54.6 Å². The van der Waals surface area contributed by atoms with E-state index in [1.165, 1.54) is 23.0 Å². The summed E-state index contributed by atoms with van der Waals surface area (Å²) >= 11 is 3.45. The quantitative estimate of drug-likeness (QED) is 0.544. The Morgan fingerprint density at radius 2 is 1.77 bits per heavy atom. The fourth-order valence-corrected chi connectivity index (χ4v) is 3.29. The minimum Gasteiger partial charge on any atom is -0.461 e. The maximum absolute atomic E-state index is 12.0. The second-order valence-corrected chi connectivity index (χ2v) is 6.56. The van der Waals surface area contributed by atoms with Gasteiger partial charge in [0, 0.05) is 0 Å². The molecule has 0 aliphatic rings. The van der Waals surface area contributed by atoms with Crippen LogP contribution < -0.4 is 0 Å². The van der Waals surface area contributed by atoms with Crippen molar-refractivity contribution in [3.63, 3.8) is 0 Å². The number of hydrogen-bond acceptors (Lipinski definition) is 4. The molecule has 0 bridgehead atoms. The van der Waals surface area contributed by atoms with Gasteiger partial charge in [-0.05, 0) is 52.4 Å². The van der Waals surface area contributed by atoms with E-state index in [1.54, 1.807) is 6.92 Å². The summed E-state index contributed by atoms with van der Waals surface area (Å²) in [6.45, 7) is 2.09. The fourth-order valence-electron chi connectivity index (χ4n) is 2.72. The summed E-state index contributed by atoms with van der Waals surface area (Å²) in [5.41, 5.74) is 4.68. The summed E-state index contributed by atoms with van der Waals surface area (Å²) in [6.07, 6.45) is 2.93. The maximum atomic E-state index is 12.0. The Balaban J connectivity index is 1.76. The van der Waals surface area contributed by atoms with Crippen molar-refractivity contribution in [1.82, 2.24) is 9.97 Å². The number of aryl methyl sites for hydroxylation is 2. The third-order valence-corrected chi connectivity index (χ3v) is 4.85. The SMILES string of the molecule is CCOC(=O)c1ncnc(CCc2cccc(-c3ccccc3)c2)c1Br. The summed E-state index contributed by atoms with van der Waals surface area (Å²) in [7, 11) is 0. The molecule has 1 aromatic heterocycles. The van der Waals surface area contributed by atoms with Crippen LogP contribution in [0.5, 0.6) is 0 Å². The third kappa shape index (κ3) is 4.35. The summed E-state index contributed by atoms with van der Waals surface area (Å²) in [5, 5.41) is 0. The molecule has 0 unspecified atom stereocenters. The molecule has 5 heteroatoms. The molecule has 0 saturated heterocycles. The summed E-state index contributed by atoms with van der Waals surface area (Å²) < 4.78 is 5.64. The molecule has 132 valence electrons. The van der Waals surface area contributed by atoms with E-state index in [2.05, 4.69) is 62.3 Å². The molecule has 0 saturated carbocycles. The Morgan fingerprint density at radius 1 is 1.00 bits per heavy atom. The van der Waals surface area contributed by atoms with Gasteiger partial charge in [-0.3, -0.25) is 0 Å². The number of esters is 1. The number of ether oxygens (including phenoxy) is 1. The molecule has 0 fully saturated rings. The highest BCUT2D eigenvalue weighted by molar-refractivity contribution is 9.10. The fraction of sp³-hybridized carbons (Fsp3) is 0.190. The molecular formula is C21H19BrN2O2. The van der Waals surface area contributed by atoms with E-state index in [0.717, 1.165) is 12.1 Å². The molecular weight excluding hydrogens is 392 g/mol. The van der Waals surface area contributed by atoms with Gasteiger partial charge in [0.2, 0.25) is 0 Å². The van der Waals surface area contributed by atoms with Crippen molar-refractivity contribution in [1.29, 1.82) is 0 Å². The zero-order chi connectivity index (χ0) is 18.4. The molecule has 0 N–H and O–H groups in total. The maximum Gasteiger partial charge on any atom is 0.358 e. The molecule has 1 heterocycles. The molecule has 0 spiro atoms. The lowest BCUT2D eigenvalue weighted by molar-refractivity contribution is 0.0518. The molecule has 26 heavy (non-hydrogen) atoms. The standard InChI is InChI=1S/C21H19BrN2O2/c1-2-26-21(25)20-19(22)18(23-14-24-20)12-11-15-7-6-10-17(13-15)16-8-4-3-5-9-16/h3-10,13-14H,2,11-12H2,1H3. The number of rotatable bonds is 6. The van der Waals surface area contributed by atoms with Crippen LogP contribution in [0.2, 0.25) is 0 Å². The largest absolute Gasteiger partial charge is 0.461 e. The first kappa shape index (κ1) is 18.3. The van der Waals surface area contributed by atoms with Gasteiger partial charge in [0.1, 0.15) is 6.33 Å². The van der Waals surface area contributed by atoms with Gasteiger partial charge in [-0.25, -0.2) is 14.8 Å². The Bertz CT molecular complexity index is 898. The van der Waals surface area contributed by atoms with Crippen LogP contribution in [0, 0.1) is 0 Å². The molecule has 3 rings (SSSR count). The van der Waals surface area contributed by atoms with Crippen LogP contribution in [0.4, 0.5) is 0 Å². The topological polar surface area (TPSA) is 52.1 Å². The second-order valence-electron chi connectivity index (χ2n) is 5.77. The molecule has 2 aromatic carbocycles. The molecule has 0 atom stereocenters. The lowest BCUT2D eigenvalue weighted by Crippen LogP contribution is -2.10. The number of benzene rings is 2. The highest BCUT2D eigenvalue weighted by atomic mass is 79.9. The Kier molecular flexibility index (Phi) is 6.12. The molecule has 4 nitrogen and oxygen atoms in total. The van der Waals surface area contributed by atoms with E-state index in [0.29, 0.717) is 17.5 Å². The monoisotopic (exact) mass is 410 g/mol. The Morgan fingerprint density at radius 3 is 2.54 bits per heavy atom. The van der Waals surface area contributed by atoms with Gasteiger partial charge in [-0.15, -0.1) is 0 Å². The molecule has 0 radical (unpaired) electrons. The number of nitrogens with zero attached hydrogens (tertiary/aromatic N) is 2. The van der Waals surface area contributed by atoms with Crippen LogP contribution in [0.25, 0.3) is 11.1 Å². The number of carbonyl (C=O) groups excluding carboxylic acids is 1. The molecule has 0 amide bonds. The van der Waals surface area contributed by atoms with E-state index < -0.39 is 5.97 Å². The minimum absolute atomic E-state index is 0.273. The molecule has 0 aliphatic carbocycles. The van der Waals surface area contributed by atoms with E-state index >= 15 is 0 Å². The van der Waals surface area contributed by atoms with Crippen molar-refractivity contribution >= 4 is 21.9 Å². The van der Waals surface area contributed by atoms with Crippen molar-refractivity contribution in [3.8, 4) is 11.1 Å². The summed E-state index contributed by atoms with van der Waals surface area (Å²) in [5.74, 6) is -0.436. The number of hydrogen-bond donors (Lipinski definition) is 0. The van der Waals surface area contributed by atoms with Crippen LogP contribution in [0.1, 0.15) is 28.7 Å². The number of aromatic nitrogens is 2. The van der Waals surface area contributed by atoms with E-state index in [9.17, 15) is 4.79 Å². The van der Waals surface area contributed by atoms with Gasteiger partial charge in [0.15, 0.2) is 5.69 Å². The minimum atomic E-state index is -0.436. The average molecular weight is 411 g/mol. The first-order valence-electron chi connectivity index (χ1n) is 8.50. The number of carbonyl (C=O) groups is 1. The highest BCUT2D eigenvalue weighted by Gasteiger charge is 2.16. The Hall–Kier alpha value is -2.53. The third-order valence-electron chi connectivity index (χ3n) is 4.02. The average Bonchev–Trinajstić information content (AvgIpc) is 2.68. The van der Waals surface area contributed by atoms with Gasteiger partial charge in [0.05, 0.1) is 16.8 Å². The van der Waals surface area contributed by atoms with Crippen molar-refractivity contribution in [2.24, 2.45) is 0 Å².